The molecule has 0 aromatic rings. The van der Waals surface area contributed by atoms with Crippen molar-refractivity contribution < 1.29 is 14.3 Å². The molecule has 0 aromatic carbocycles. The number of hydrogen-bond acceptors (Lipinski definition) is 4. The van der Waals surface area contributed by atoms with Crippen molar-refractivity contribution >= 4 is 5.97 Å². The second-order valence-electron chi connectivity index (χ2n) is 6.01. The Labute approximate surface area is 110 Å². The third-order valence-electron chi connectivity index (χ3n) is 4.03. The van der Waals surface area contributed by atoms with Crippen molar-refractivity contribution in [3.05, 3.63) is 0 Å². The summed E-state index contributed by atoms with van der Waals surface area (Å²) in [5, 5.41) is 3.36. The largest absolute Gasteiger partial charge is 0.468 e. The molecule has 1 aliphatic rings. The number of carbonyl (C=O) groups excluding carboxylic acids is 1. The molecule has 106 valence electrons. The van der Waals surface area contributed by atoms with Gasteiger partial charge in [-0.05, 0) is 31.1 Å². The Bertz CT molecular complexity index is 278. The first-order valence-corrected chi connectivity index (χ1v) is 6.78. The quantitative estimate of drug-likeness (QED) is 0.465. The maximum Gasteiger partial charge on any atom is 0.326 e. The fourth-order valence-electron chi connectivity index (χ4n) is 2.71. The first kappa shape index (κ1) is 15.4. The predicted molar refractivity (Wildman–Crippen MR) is 71.5 cm³/mol. The Morgan fingerprint density at radius 2 is 1.89 bits per heavy atom. The molecule has 1 aliphatic carbocycles. The lowest BCUT2D eigenvalue weighted by Gasteiger charge is -2.31. The van der Waals surface area contributed by atoms with Gasteiger partial charge < -0.3 is 9.47 Å². The Balaban J connectivity index is 2.74. The highest BCUT2D eigenvalue weighted by Gasteiger charge is 2.42. The topological polar surface area (TPSA) is 47.6 Å². The third kappa shape index (κ3) is 3.95. The Morgan fingerprint density at radius 3 is 2.50 bits per heavy atom. The minimum atomic E-state index is -0.513. The maximum atomic E-state index is 12.1. The molecule has 1 N–H and O–H groups in total. The number of carbonyl (C=O) groups is 1. The van der Waals surface area contributed by atoms with Crippen molar-refractivity contribution in [3.8, 4) is 0 Å². The zero-order valence-corrected chi connectivity index (χ0v) is 12.2. The van der Waals surface area contributed by atoms with Gasteiger partial charge in [-0.3, -0.25) is 10.1 Å². The molecule has 1 rings (SSSR count). The molecule has 0 radical (unpaired) electrons. The van der Waals surface area contributed by atoms with E-state index in [0.717, 1.165) is 32.1 Å². The predicted octanol–water partition coefficient (Wildman–Crippen LogP) is 2.12. The van der Waals surface area contributed by atoms with Crippen molar-refractivity contribution in [2.45, 2.75) is 51.5 Å². The van der Waals surface area contributed by atoms with E-state index in [-0.39, 0.29) is 5.97 Å². The molecule has 0 bridgehead atoms. The molecule has 0 spiro atoms. The molecule has 1 fully saturated rings. The number of esters is 1. The van der Waals surface area contributed by atoms with Crippen LogP contribution < -0.4 is 5.32 Å². The molecule has 18 heavy (non-hydrogen) atoms. The van der Waals surface area contributed by atoms with Crippen LogP contribution in [0, 0.1) is 5.41 Å². The highest BCUT2D eigenvalue weighted by molar-refractivity contribution is 5.80. The summed E-state index contributed by atoms with van der Waals surface area (Å²) in [6.45, 7) is 5.85. The molecule has 0 saturated heterocycles. The van der Waals surface area contributed by atoms with Gasteiger partial charge in [0.25, 0.3) is 0 Å². The standard InChI is InChI=1S/C14H27NO3/c1-13(2)6-5-7-14(9-8-13,12(16)18-4)15-10-11-17-3/h15H,5-11H2,1-4H3. The van der Waals surface area contributed by atoms with Crippen LogP contribution in [0.2, 0.25) is 0 Å². The van der Waals surface area contributed by atoms with Crippen LogP contribution in [0.15, 0.2) is 0 Å². The van der Waals surface area contributed by atoms with Crippen molar-refractivity contribution in [2.24, 2.45) is 5.41 Å². The fraction of sp³-hybridized carbons (Fsp3) is 0.929. The smallest absolute Gasteiger partial charge is 0.326 e. The summed E-state index contributed by atoms with van der Waals surface area (Å²) in [5.41, 5.74) is -0.195. The van der Waals surface area contributed by atoms with Crippen molar-refractivity contribution in [1.82, 2.24) is 5.32 Å². The maximum absolute atomic E-state index is 12.1. The van der Waals surface area contributed by atoms with E-state index in [1.165, 1.54) is 7.11 Å². The van der Waals surface area contributed by atoms with Gasteiger partial charge in [-0.2, -0.15) is 0 Å². The second kappa shape index (κ2) is 6.53. The monoisotopic (exact) mass is 257 g/mol. The van der Waals surface area contributed by atoms with Crippen LogP contribution in [-0.4, -0.2) is 38.9 Å². The molecule has 0 aromatic heterocycles. The third-order valence-corrected chi connectivity index (χ3v) is 4.03. The summed E-state index contributed by atoms with van der Waals surface area (Å²) in [7, 11) is 3.14. The van der Waals surface area contributed by atoms with Gasteiger partial charge in [-0.15, -0.1) is 0 Å². The van der Waals surface area contributed by atoms with Gasteiger partial charge in [-0.25, -0.2) is 0 Å². The van der Waals surface area contributed by atoms with Crippen LogP contribution in [0.5, 0.6) is 0 Å². The average molecular weight is 257 g/mol. The minimum Gasteiger partial charge on any atom is -0.468 e. The SMILES string of the molecule is COCCNC1(C(=O)OC)CCCC(C)(C)CC1. The van der Waals surface area contributed by atoms with Crippen LogP contribution >= 0.6 is 0 Å². The summed E-state index contributed by atoms with van der Waals surface area (Å²) >= 11 is 0. The van der Waals surface area contributed by atoms with Crippen molar-refractivity contribution in [3.63, 3.8) is 0 Å². The fourth-order valence-corrected chi connectivity index (χ4v) is 2.71. The average Bonchev–Trinajstić information content (AvgIpc) is 2.49. The Hall–Kier alpha value is -0.610. The Morgan fingerprint density at radius 1 is 1.17 bits per heavy atom. The number of ether oxygens (including phenoxy) is 2. The van der Waals surface area contributed by atoms with Gasteiger partial charge in [0.2, 0.25) is 0 Å². The number of hydrogen-bond donors (Lipinski definition) is 1. The van der Waals surface area contributed by atoms with Gasteiger partial charge in [0.15, 0.2) is 0 Å². The van der Waals surface area contributed by atoms with Crippen LogP contribution in [0.3, 0.4) is 0 Å². The summed E-state index contributed by atoms with van der Waals surface area (Å²) in [5.74, 6) is -0.128. The zero-order valence-electron chi connectivity index (χ0n) is 12.2. The molecule has 1 saturated carbocycles. The molecule has 1 atom stereocenters. The lowest BCUT2D eigenvalue weighted by molar-refractivity contribution is -0.149. The first-order valence-electron chi connectivity index (χ1n) is 6.78. The summed E-state index contributed by atoms with van der Waals surface area (Å²) in [4.78, 5) is 12.1. The molecular weight excluding hydrogens is 230 g/mol. The number of nitrogens with one attached hydrogen (secondary N) is 1. The van der Waals surface area contributed by atoms with Crippen molar-refractivity contribution in [2.75, 3.05) is 27.4 Å². The van der Waals surface area contributed by atoms with E-state index in [9.17, 15) is 4.79 Å². The normalized spacial score (nSPS) is 27.6. The van der Waals surface area contributed by atoms with Crippen LogP contribution in [0.25, 0.3) is 0 Å². The molecule has 4 nitrogen and oxygen atoms in total. The van der Waals surface area contributed by atoms with E-state index >= 15 is 0 Å². The van der Waals surface area contributed by atoms with Gasteiger partial charge in [-0.1, -0.05) is 20.3 Å². The number of rotatable bonds is 5. The molecule has 4 heteroatoms. The van der Waals surface area contributed by atoms with Gasteiger partial charge >= 0.3 is 5.97 Å². The van der Waals surface area contributed by atoms with E-state index in [0.29, 0.717) is 18.6 Å². The summed E-state index contributed by atoms with van der Waals surface area (Å²) < 4.78 is 10.1. The zero-order chi connectivity index (χ0) is 13.6. The lowest BCUT2D eigenvalue weighted by Crippen LogP contribution is -2.53. The first-order chi connectivity index (χ1) is 8.46. The van der Waals surface area contributed by atoms with Crippen LogP contribution in [0.4, 0.5) is 0 Å². The highest BCUT2D eigenvalue weighted by Crippen LogP contribution is 2.38. The second-order valence-corrected chi connectivity index (χ2v) is 6.01. The van der Waals surface area contributed by atoms with Gasteiger partial charge in [0.05, 0.1) is 13.7 Å². The number of methoxy groups -OCH3 is 2. The minimum absolute atomic E-state index is 0.128. The van der Waals surface area contributed by atoms with E-state index in [2.05, 4.69) is 19.2 Å². The van der Waals surface area contributed by atoms with Crippen LogP contribution in [0.1, 0.15) is 46.0 Å². The molecule has 0 amide bonds. The molecule has 1 unspecified atom stereocenters. The molecule has 0 heterocycles. The lowest BCUT2D eigenvalue weighted by atomic mass is 9.83. The van der Waals surface area contributed by atoms with E-state index in [4.69, 9.17) is 9.47 Å². The van der Waals surface area contributed by atoms with Crippen molar-refractivity contribution in [1.29, 1.82) is 0 Å². The van der Waals surface area contributed by atoms with E-state index < -0.39 is 5.54 Å². The van der Waals surface area contributed by atoms with Gasteiger partial charge in [0, 0.05) is 13.7 Å². The van der Waals surface area contributed by atoms with E-state index in [1.54, 1.807) is 7.11 Å². The highest BCUT2D eigenvalue weighted by atomic mass is 16.5. The molecule has 0 aliphatic heterocycles. The summed E-state index contributed by atoms with van der Waals surface area (Å²) in [6.07, 6.45) is 4.96. The Kier molecular flexibility index (Phi) is 5.60. The van der Waals surface area contributed by atoms with E-state index in [1.807, 2.05) is 0 Å². The molecular formula is C14H27NO3. The summed E-state index contributed by atoms with van der Waals surface area (Å²) in [6, 6.07) is 0. The van der Waals surface area contributed by atoms with Crippen LogP contribution in [-0.2, 0) is 14.3 Å². The van der Waals surface area contributed by atoms with Gasteiger partial charge in [0.1, 0.15) is 5.54 Å².